The quantitative estimate of drug-likeness (QED) is 0.650. The first-order chi connectivity index (χ1) is 12.4. The van der Waals surface area contributed by atoms with Crippen LogP contribution in [0.3, 0.4) is 0 Å². The first kappa shape index (κ1) is 19.1. The number of carboxylic acids is 1. The van der Waals surface area contributed by atoms with E-state index in [1.54, 1.807) is 19.9 Å². The fraction of sp³-hybridized carbons (Fsp3) is 0.810. The summed E-state index contributed by atoms with van der Waals surface area (Å²) in [6, 6.07) is 0. The Morgan fingerprint density at radius 3 is 2.56 bits per heavy atom. The molecule has 0 spiro atoms. The Labute approximate surface area is 158 Å². The lowest BCUT2D eigenvalue weighted by Gasteiger charge is -2.63. The maximum absolute atomic E-state index is 16.8. The zero-order chi connectivity index (χ0) is 20.0. The van der Waals surface area contributed by atoms with E-state index >= 15 is 4.39 Å². The van der Waals surface area contributed by atoms with Crippen LogP contribution >= 0.6 is 0 Å². The van der Waals surface area contributed by atoms with E-state index in [1.807, 2.05) is 6.92 Å². The second kappa shape index (κ2) is 5.41. The maximum atomic E-state index is 16.8. The van der Waals surface area contributed by atoms with Gasteiger partial charge in [-0.05, 0) is 50.0 Å². The number of alkyl halides is 1. The predicted octanol–water partition coefficient (Wildman–Crippen LogP) is 2.64. The van der Waals surface area contributed by atoms with E-state index in [1.165, 1.54) is 0 Å². The number of aliphatic carboxylic acids is 1. The number of hydrogen-bond donors (Lipinski definition) is 3. The minimum Gasteiger partial charge on any atom is -0.479 e. The minimum atomic E-state index is -1.97. The zero-order valence-corrected chi connectivity index (χ0v) is 16.2. The molecule has 27 heavy (non-hydrogen) atoms. The lowest BCUT2D eigenvalue weighted by molar-refractivity contribution is -0.233. The SMILES string of the molecule is C[C@@H]1C[C@H]2C3CCC4=CC(=O)CC[C@]4(C)[C@@]3(F)[C@@H](O)C[C@]2(C)[C@@]1(O)C(=O)O. The Morgan fingerprint density at radius 2 is 1.93 bits per heavy atom. The molecule has 0 bridgehead atoms. The number of carbonyl (C=O) groups is 2. The number of aliphatic hydroxyl groups excluding tert-OH is 1. The molecule has 4 aliphatic carbocycles. The molecule has 150 valence electrons. The second-order valence-electron chi connectivity index (χ2n) is 9.83. The van der Waals surface area contributed by atoms with Crippen LogP contribution in [0.15, 0.2) is 11.6 Å². The van der Waals surface area contributed by atoms with Gasteiger partial charge in [0.1, 0.15) is 5.67 Å². The van der Waals surface area contributed by atoms with Crippen molar-refractivity contribution in [2.24, 2.45) is 28.6 Å². The molecule has 0 aliphatic heterocycles. The van der Waals surface area contributed by atoms with Crippen LogP contribution in [0.4, 0.5) is 4.39 Å². The smallest absolute Gasteiger partial charge is 0.336 e. The van der Waals surface area contributed by atoms with E-state index in [-0.39, 0.29) is 24.5 Å². The van der Waals surface area contributed by atoms with Gasteiger partial charge in [-0.15, -0.1) is 0 Å². The molecule has 0 aromatic carbocycles. The highest BCUT2D eigenvalue weighted by atomic mass is 19.1. The zero-order valence-electron chi connectivity index (χ0n) is 16.2. The van der Waals surface area contributed by atoms with Crippen molar-refractivity contribution in [1.29, 1.82) is 0 Å². The summed E-state index contributed by atoms with van der Waals surface area (Å²) in [6.07, 6.45) is 2.20. The number of halogens is 1. The monoisotopic (exact) mass is 380 g/mol. The Morgan fingerprint density at radius 1 is 1.26 bits per heavy atom. The van der Waals surface area contributed by atoms with Crippen molar-refractivity contribution in [3.8, 4) is 0 Å². The van der Waals surface area contributed by atoms with Crippen LogP contribution in [0, 0.1) is 28.6 Å². The van der Waals surface area contributed by atoms with Gasteiger partial charge >= 0.3 is 5.97 Å². The van der Waals surface area contributed by atoms with E-state index < -0.39 is 46.0 Å². The van der Waals surface area contributed by atoms with Crippen LogP contribution in [0.2, 0.25) is 0 Å². The average molecular weight is 380 g/mol. The Bertz CT molecular complexity index is 749. The summed E-state index contributed by atoms with van der Waals surface area (Å²) >= 11 is 0. The van der Waals surface area contributed by atoms with Gasteiger partial charge in [0.25, 0.3) is 0 Å². The van der Waals surface area contributed by atoms with E-state index in [9.17, 15) is 24.9 Å². The third-order valence-electron chi connectivity index (χ3n) is 8.95. The third-order valence-corrected chi connectivity index (χ3v) is 8.95. The van der Waals surface area contributed by atoms with Crippen LogP contribution in [-0.2, 0) is 9.59 Å². The summed E-state index contributed by atoms with van der Waals surface area (Å²) in [7, 11) is 0. The van der Waals surface area contributed by atoms with Crippen LogP contribution < -0.4 is 0 Å². The van der Waals surface area contributed by atoms with Crippen LogP contribution in [-0.4, -0.2) is 44.4 Å². The second-order valence-corrected chi connectivity index (χ2v) is 9.83. The largest absolute Gasteiger partial charge is 0.479 e. The third kappa shape index (κ3) is 1.96. The van der Waals surface area contributed by atoms with Crippen molar-refractivity contribution in [3.05, 3.63) is 11.6 Å². The molecule has 0 saturated heterocycles. The summed E-state index contributed by atoms with van der Waals surface area (Å²) in [5.74, 6) is -2.65. The van der Waals surface area contributed by atoms with E-state index in [0.717, 1.165) is 5.57 Å². The van der Waals surface area contributed by atoms with E-state index in [0.29, 0.717) is 25.7 Å². The highest BCUT2D eigenvalue weighted by Crippen LogP contribution is 2.71. The highest BCUT2D eigenvalue weighted by molar-refractivity contribution is 5.91. The lowest BCUT2D eigenvalue weighted by atomic mass is 9.44. The van der Waals surface area contributed by atoms with Crippen LogP contribution in [0.5, 0.6) is 0 Å². The van der Waals surface area contributed by atoms with Crippen molar-refractivity contribution < 1.29 is 29.3 Å². The molecule has 5 nitrogen and oxygen atoms in total. The molecule has 4 rings (SSSR count). The predicted molar refractivity (Wildman–Crippen MR) is 95.6 cm³/mol. The number of rotatable bonds is 1. The molecular weight excluding hydrogens is 351 g/mol. The van der Waals surface area contributed by atoms with Gasteiger partial charge in [-0.2, -0.15) is 0 Å². The molecular formula is C21H29FO5. The number of hydrogen-bond acceptors (Lipinski definition) is 4. The van der Waals surface area contributed by atoms with Crippen molar-refractivity contribution >= 4 is 11.8 Å². The normalized spacial score (nSPS) is 54.6. The number of carboxylic acid groups (broad SMARTS) is 1. The number of ketones is 1. The first-order valence-corrected chi connectivity index (χ1v) is 9.99. The lowest BCUT2D eigenvalue weighted by Crippen LogP contribution is -2.69. The van der Waals surface area contributed by atoms with Crippen LogP contribution in [0.25, 0.3) is 0 Å². The minimum absolute atomic E-state index is 0.00871. The van der Waals surface area contributed by atoms with Crippen LogP contribution in [0.1, 0.15) is 59.3 Å². The topological polar surface area (TPSA) is 94.8 Å². The average Bonchev–Trinajstić information content (AvgIpc) is 2.79. The number of carbonyl (C=O) groups excluding carboxylic acids is 1. The molecule has 0 aromatic heterocycles. The number of allylic oxidation sites excluding steroid dienone is 1. The van der Waals surface area contributed by atoms with Gasteiger partial charge in [-0.25, -0.2) is 9.18 Å². The maximum Gasteiger partial charge on any atom is 0.336 e. The molecule has 3 saturated carbocycles. The van der Waals surface area contributed by atoms with E-state index in [4.69, 9.17) is 0 Å². The molecule has 0 radical (unpaired) electrons. The number of aliphatic hydroxyl groups is 2. The molecule has 3 N–H and O–H groups in total. The molecule has 4 aliphatic rings. The molecule has 8 atom stereocenters. The summed E-state index contributed by atoms with van der Waals surface area (Å²) in [6.45, 7) is 5.22. The molecule has 6 heteroatoms. The van der Waals surface area contributed by atoms with Gasteiger partial charge in [0.05, 0.1) is 6.10 Å². The van der Waals surface area contributed by atoms with Crippen molar-refractivity contribution in [3.63, 3.8) is 0 Å². The Balaban J connectivity index is 1.84. The molecule has 0 heterocycles. The summed E-state index contributed by atoms with van der Waals surface area (Å²) in [5, 5.41) is 32.0. The van der Waals surface area contributed by atoms with Gasteiger partial charge in [-0.1, -0.05) is 26.3 Å². The summed E-state index contributed by atoms with van der Waals surface area (Å²) in [5.41, 5.74) is -5.11. The van der Waals surface area contributed by atoms with Gasteiger partial charge < -0.3 is 15.3 Å². The van der Waals surface area contributed by atoms with Gasteiger partial charge in [0.15, 0.2) is 11.4 Å². The fourth-order valence-corrected chi connectivity index (χ4v) is 7.36. The molecule has 1 unspecified atom stereocenters. The highest BCUT2D eigenvalue weighted by Gasteiger charge is 2.76. The van der Waals surface area contributed by atoms with Gasteiger partial charge in [-0.3, -0.25) is 4.79 Å². The van der Waals surface area contributed by atoms with Crippen molar-refractivity contribution in [2.45, 2.75) is 76.7 Å². The van der Waals surface area contributed by atoms with Gasteiger partial charge in [0.2, 0.25) is 0 Å². The van der Waals surface area contributed by atoms with Gasteiger partial charge in [0, 0.05) is 23.2 Å². The summed E-state index contributed by atoms with van der Waals surface area (Å²) in [4.78, 5) is 23.9. The van der Waals surface area contributed by atoms with Crippen molar-refractivity contribution in [2.75, 3.05) is 0 Å². The Hall–Kier alpha value is -1.27. The van der Waals surface area contributed by atoms with Crippen molar-refractivity contribution in [1.82, 2.24) is 0 Å². The summed E-state index contributed by atoms with van der Waals surface area (Å²) < 4.78 is 16.8. The standard InChI is InChI=1S/C21H29FO5/c1-11-8-15-14-5-4-12-9-13(23)6-7-18(12,2)20(14,22)16(24)10-19(15,3)21(11,27)17(25)26/h9,11,14-16,24,27H,4-8,10H2,1-3H3,(H,25,26)/t11-,14?,15+,16+,18+,19+,20+,21+/m1/s1. The number of fused-ring (bicyclic) bond motifs is 5. The fourth-order valence-electron chi connectivity index (χ4n) is 7.36. The Kier molecular flexibility index (Phi) is 3.82. The molecule has 3 fully saturated rings. The first-order valence-electron chi connectivity index (χ1n) is 9.99. The van der Waals surface area contributed by atoms with E-state index in [2.05, 4.69) is 0 Å². The molecule has 0 aromatic rings. The molecule has 0 amide bonds.